The number of rotatable bonds is 2. The summed E-state index contributed by atoms with van der Waals surface area (Å²) in [5.41, 5.74) is 9.82. The summed E-state index contributed by atoms with van der Waals surface area (Å²) in [6.45, 7) is 1.84. The van der Waals surface area contributed by atoms with Crippen LogP contribution in [0.5, 0.6) is 0 Å². The van der Waals surface area contributed by atoms with Gasteiger partial charge in [0.1, 0.15) is 5.82 Å². The predicted molar refractivity (Wildman–Crippen MR) is 76.4 cm³/mol. The highest BCUT2D eigenvalue weighted by Crippen LogP contribution is 2.34. The molecule has 0 atom stereocenters. The zero-order valence-electron chi connectivity index (χ0n) is 10.9. The fourth-order valence-corrected chi connectivity index (χ4v) is 2.23. The maximum absolute atomic E-state index is 13.2. The molecule has 3 N–H and O–H groups in total. The number of anilines is 1. The number of nitrogens with one attached hydrogen (secondary N) is 1. The van der Waals surface area contributed by atoms with Crippen molar-refractivity contribution >= 4 is 5.82 Å². The van der Waals surface area contributed by atoms with Crippen LogP contribution in [0.25, 0.3) is 22.5 Å². The highest BCUT2D eigenvalue weighted by molar-refractivity contribution is 5.87. The van der Waals surface area contributed by atoms with Crippen LogP contribution < -0.4 is 5.73 Å². The molecule has 100 valence electrons. The smallest absolute Gasteiger partial charge is 0.155 e. The lowest BCUT2D eigenvalue weighted by atomic mass is 10.0. The molecule has 20 heavy (non-hydrogen) atoms. The molecule has 0 amide bonds. The summed E-state index contributed by atoms with van der Waals surface area (Å²) in [5.74, 6) is 0.112. The number of halogens is 1. The summed E-state index contributed by atoms with van der Waals surface area (Å²) < 4.78 is 13.2. The molecule has 3 rings (SSSR count). The van der Waals surface area contributed by atoms with Crippen LogP contribution in [-0.4, -0.2) is 15.2 Å². The minimum Gasteiger partial charge on any atom is -0.382 e. The number of H-pyrrole nitrogens is 1. The van der Waals surface area contributed by atoms with Crippen molar-refractivity contribution in [2.75, 3.05) is 5.73 Å². The van der Waals surface area contributed by atoms with Gasteiger partial charge in [0.15, 0.2) is 5.82 Å². The van der Waals surface area contributed by atoms with Crippen molar-refractivity contribution in [3.8, 4) is 22.5 Å². The summed E-state index contributed by atoms with van der Waals surface area (Å²) in [7, 11) is 0. The Labute approximate surface area is 115 Å². The number of aromatic nitrogens is 3. The molecule has 2 heterocycles. The summed E-state index contributed by atoms with van der Waals surface area (Å²) in [6, 6.07) is 10.2. The second-order valence-electron chi connectivity index (χ2n) is 4.53. The Morgan fingerprint density at radius 1 is 1.20 bits per heavy atom. The van der Waals surface area contributed by atoms with E-state index in [1.54, 1.807) is 12.3 Å². The lowest BCUT2D eigenvalue weighted by Gasteiger charge is -2.07. The van der Waals surface area contributed by atoms with Gasteiger partial charge in [-0.15, -0.1) is 0 Å². The molecule has 3 aromatic rings. The first kappa shape index (κ1) is 12.3. The third-order valence-corrected chi connectivity index (χ3v) is 3.17. The van der Waals surface area contributed by atoms with Gasteiger partial charge in [0, 0.05) is 11.8 Å². The molecule has 0 aliphatic heterocycles. The van der Waals surface area contributed by atoms with E-state index in [1.807, 2.05) is 25.1 Å². The Morgan fingerprint density at radius 2 is 2.05 bits per heavy atom. The molecular weight excluding hydrogens is 255 g/mol. The molecule has 4 nitrogen and oxygen atoms in total. The number of benzene rings is 1. The molecule has 1 aromatic carbocycles. The van der Waals surface area contributed by atoms with Gasteiger partial charge in [-0.3, -0.25) is 10.1 Å². The first-order valence-corrected chi connectivity index (χ1v) is 6.18. The van der Waals surface area contributed by atoms with Gasteiger partial charge < -0.3 is 5.73 Å². The Hall–Kier alpha value is -2.69. The van der Waals surface area contributed by atoms with Crippen molar-refractivity contribution in [2.45, 2.75) is 6.92 Å². The van der Waals surface area contributed by atoms with Gasteiger partial charge in [-0.25, -0.2) is 4.39 Å². The van der Waals surface area contributed by atoms with Gasteiger partial charge in [-0.2, -0.15) is 5.10 Å². The van der Waals surface area contributed by atoms with E-state index in [4.69, 9.17) is 5.73 Å². The number of nitrogens with two attached hydrogens (primary N) is 1. The van der Waals surface area contributed by atoms with Crippen LogP contribution in [0.4, 0.5) is 10.2 Å². The zero-order valence-corrected chi connectivity index (χ0v) is 10.9. The first-order chi connectivity index (χ1) is 9.66. The Balaban J connectivity index is 2.21. The lowest BCUT2D eigenvalue weighted by molar-refractivity contribution is 0.627. The van der Waals surface area contributed by atoms with Crippen molar-refractivity contribution < 1.29 is 4.39 Å². The molecule has 2 aromatic heterocycles. The highest BCUT2D eigenvalue weighted by atomic mass is 19.1. The van der Waals surface area contributed by atoms with E-state index < -0.39 is 0 Å². The predicted octanol–water partition coefficient (Wildman–Crippen LogP) is 3.17. The Bertz CT molecular complexity index is 750. The average Bonchev–Trinajstić information content (AvgIpc) is 2.81. The molecule has 0 unspecified atom stereocenters. The highest BCUT2D eigenvalue weighted by Gasteiger charge is 2.17. The Kier molecular flexibility index (Phi) is 2.95. The molecule has 0 spiro atoms. The molecule has 5 heteroatoms. The van der Waals surface area contributed by atoms with Crippen LogP contribution >= 0.6 is 0 Å². The fourth-order valence-electron chi connectivity index (χ4n) is 2.23. The third kappa shape index (κ3) is 2.03. The quantitative estimate of drug-likeness (QED) is 0.750. The van der Waals surface area contributed by atoms with E-state index in [1.165, 1.54) is 12.1 Å². The molecule has 0 aliphatic carbocycles. The maximum Gasteiger partial charge on any atom is 0.155 e. The fraction of sp³-hybridized carbons (Fsp3) is 0.0667. The number of pyridine rings is 1. The third-order valence-electron chi connectivity index (χ3n) is 3.17. The van der Waals surface area contributed by atoms with E-state index >= 15 is 0 Å². The average molecular weight is 268 g/mol. The number of aromatic amines is 1. The van der Waals surface area contributed by atoms with Crippen LogP contribution in [-0.2, 0) is 0 Å². The van der Waals surface area contributed by atoms with E-state index in [0.29, 0.717) is 5.82 Å². The van der Waals surface area contributed by atoms with Gasteiger partial charge >= 0.3 is 0 Å². The monoisotopic (exact) mass is 268 g/mol. The SMILES string of the molecule is Cc1cc(F)ccc1-c1[nH]nc(N)c1-c1ccccn1. The summed E-state index contributed by atoms with van der Waals surface area (Å²) >= 11 is 0. The molecule has 0 aliphatic rings. The molecule has 0 bridgehead atoms. The minimum atomic E-state index is -0.266. The number of aryl methyl sites for hydroxylation is 1. The molecule has 0 fully saturated rings. The largest absolute Gasteiger partial charge is 0.382 e. The van der Waals surface area contributed by atoms with Gasteiger partial charge in [-0.05, 0) is 42.8 Å². The van der Waals surface area contributed by atoms with Crippen molar-refractivity contribution in [3.63, 3.8) is 0 Å². The number of hydrogen-bond donors (Lipinski definition) is 2. The summed E-state index contributed by atoms with van der Waals surface area (Å²) in [6.07, 6.45) is 1.70. The van der Waals surface area contributed by atoms with E-state index in [9.17, 15) is 4.39 Å². The van der Waals surface area contributed by atoms with Gasteiger partial charge in [0.2, 0.25) is 0 Å². The van der Waals surface area contributed by atoms with Crippen LogP contribution in [0.3, 0.4) is 0 Å². The van der Waals surface area contributed by atoms with Crippen LogP contribution in [0.15, 0.2) is 42.6 Å². The van der Waals surface area contributed by atoms with Gasteiger partial charge in [0.05, 0.1) is 17.0 Å². The number of hydrogen-bond acceptors (Lipinski definition) is 3. The van der Waals surface area contributed by atoms with E-state index in [-0.39, 0.29) is 5.82 Å². The maximum atomic E-state index is 13.2. The van der Waals surface area contributed by atoms with E-state index in [2.05, 4.69) is 15.2 Å². The van der Waals surface area contributed by atoms with Gasteiger partial charge in [-0.1, -0.05) is 6.07 Å². The normalized spacial score (nSPS) is 10.7. The van der Waals surface area contributed by atoms with Crippen molar-refractivity contribution in [1.29, 1.82) is 0 Å². The molecular formula is C15H13FN4. The second kappa shape index (κ2) is 4.77. The minimum absolute atomic E-state index is 0.266. The van der Waals surface area contributed by atoms with Gasteiger partial charge in [0.25, 0.3) is 0 Å². The van der Waals surface area contributed by atoms with Crippen LogP contribution in [0.1, 0.15) is 5.56 Å². The van der Waals surface area contributed by atoms with Crippen molar-refractivity contribution in [2.24, 2.45) is 0 Å². The van der Waals surface area contributed by atoms with Crippen LogP contribution in [0.2, 0.25) is 0 Å². The second-order valence-corrected chi connectivity index (χ2v) is 4.53. The summed E-state index contributed by atoms with van der Waals surface area (Å²) in [4.78, 5) is 4.30. The standard InChI is InChI=1S/C15H13FN4/c1-9-8-10(16)5-6-11(9)14-13(15(17)20-19-14)12-4-2-3-7-18-12/h2-8H,1H3,(H3,17,19,20). The van der Waals surface area contributed by atoms with E-state index in [0.717, 1.165) is 28.1 Å². The lowest BCUT2D eigenvalue weighted by Crippen LogP contribution is -1.92. The number of nitrogen functional groups attached to an aromatic ring is 1. The van der Waals surface area contributed by atoms with Crippen molar-refractivity contribution in [3.05, 3.63) is 54.0 Å². The molecule has 0 saturated carbocycles. The van der Waals surface area contributed by atoms with Crippen LogP contribution in [0, 0.1) is 12.7 Å². The topological polar surface area (TPSA) is 67.6 Å². The summed E-state index contributed by atoms with van der Waals surface area (Å²) in [5, 5.41) is 6.96. The zero-order chi connectivity index (χ0) is 14.1. The molecule has 0 radical (unpaired) electrons. The Morgan fingerprint density at radius 3 is 2.75 bits per heavy atom. The number of nitrogens with zero attached hydrogens (tertiary/aromatic N) is 2. The van der Waals surface area contributed by atoms with Crippen molar-refractivity contribution in [1.82, 2.24) is 15.2 Å². The molecule has 0 saturated heterocycles. The first-order valence-electron chi connectivity index (χ1n) is 6.18.